The molecule has 0 aromatic heterocycles. The first-order chi connectivity index (χ1) is 8.60. The zero-order valence-corrected chi connectivity index (χ0v) is 10.9. The molecule has 0 aliphatic carbocycles. The maximum Gasteiger partial charge on any atom is 0.323 e. The van der Waals surface area contributed by atoms with E-state index in [-0.39, 0.29) is 0 Å². The van der Waals surface area contributed by atoms with Gasteiger partial charge in [-0.25, -0.2) is 0 Å². The van der Waals surface area contributed by atoms with Crippen molar-refractivity contribution in [2.24, 2.45) is 5.73 Å². The highest BCUT2D eigenvalue weighted by atomic mass is 16.5. The molecule has 5 heteroatoms. The molecule has 0 saturated heterocycles. The molecule has 0 saturated carbocycles. The first-order valence-electron chi connectivity index (χ1n) is 5.74. The van der Waals surface area contributed by atoms with E-state index in [1.165, 1.54) is 0 Å². The Morgan fingerprint density at radius 3 is 2.22 bits per heavy atom. The van der Waals surface area contributed by atoms with E-state index in [9.17, 15) is 4.79 Å². The van der Waals surface area contributed by atoms with E-state index in [2.05, 4.69) is 0 Å². The Morgan fingerprint density at radius 1 is 1.22 bits per heavy atom. The van der Waals surface area contributed by atoms with E-state index in [0.29, 0.717) is 24.5 Å². The summed E-state index contributed by atoms with van der Waals surface area (Å²) in [6.45, 7) is 2.08. The molecule has 0 aliphatic heterocycles. The second kappa shape index (κ2) is 6.86. The van der Waals surface area contributed by atoms with Crippen LogP contribution in [0, 0.1) is 0 Å². The standard InChI is InChI=1S/C13H19NO4/c1-4-18-13(15)12(14)7-9-5-10(16-2)8-11(6-9)17-3/h5-6,8,12H,4,7,14H2,1-3H3. The van der Waals surface area contributed by atoms with Crippen LogP contribution in [0.1, 0.15) is 12.5 Å². The number of benzene rings is 1. The summed E-state index contributed by atoms with van der Waals surface area (Å²) in [4.78, 5) is 11.4. The van der Waals surface area contributed by atoms with Gasteiger partial charge in [-0.3, -0.25) is 4.79 Å². The Balaban J connectivity index is 2.79. The van der Waals surface area contributed by atoms with E-state index in [4.69, 9.17) is 19.9 Å². The molecule has 18 heavy (non-hydrogen) atoms. The molecule has 1 rings (SSSR count). The molecule has 0 spiro atoms. The van der Waals surface area contributed by atoms with Crippen molar-refractivity contribution in [1.82, 2.24) is 0 Å². The summed E-state index contributed by atoms with van der Waals surface area (Å²) < 4.78 is 15.2. The average molecular weight is 253 g/mol. The molecule has 1 aromatic carbocycles. The van der Waals surface area contributed by atoms with Gasteiger partial charge >= 0.3 is 5.97 Å². The number of methoxy groups -OCH3 is 2. The highest BCUT2D eigenvalue weighted by molar-refractivity contribution is 5.75. The minimum Gasteiger partial charge on any atom is -0.497 e. The summed E-state index contributed by atoms with van der Waals surface area (Å²) in [6, 6.07) is 4.73. The van der Waals surface area contributed by atoms with E-state index in [1.807, 2.05) is 12.1 Å². The average Bonchev–Trinajstić information content (AvgIpc) is 2.38. The molecule has 0 aliphatic rings. The highest BCUT2D eigenvalue weighted by Gasteiger charge is 2.16. The van der Waals surface area contributed by atoms with Gasteiger partial charge in [0.1, 0.15) is 17.5 Å². The van der Waals surface area contributed by atoms with Gasteiger partial charge in [0, 0.05) is 6.07 Å². The molecule has 2 N–H and O–H groups in total. The van der Waals surface area contributed by atoms with Crippen molar-refractivity contribution < 1.29 is 19.0 Å². The second-order valence-electron chi connectivity index (χ2n) is 3.78. The SMILES string of the molecule is CCOC(=O)C(N)Cc1cc(OC)cc(OC)c1. The third kappa shape index (κ3) is 3.92. The van der Waals surface area contributed by atoms with E-state index < -0.39 is 12.0 Å². The number of carbonyl (C=O) groups excluding carboxylic acids is 1. The Kier molecular flexibility index (Phi) is 5.45. The maximum absolute atomic E-state index is 11.4. The summed E-state index contributed by atoms with van der Waals surface area (Å²) in [6.07, 6.45) is 0.381. The maximum atomic E-state index is 11.4. The smallest absolute Gasteiger partial charge is 0.323 e. The lowest BCUT2D eigenvalue weighted by molar-refractivity contribution is -0.144. The van der Waals surface area contributed by atoms with Gasteiger partial charge in [-0.1, -0.05) is 0 Å². The molecule has 0 heterocycles. The van der Waals surface area contributed by atoms with Crippen LogP contribution in [-0.2, 0) is 16.0 Å². The number of esters is 1. The highest BCUT2D eigenvalue weighted by Crippen LogP contribution is 2.23. The minimum atomic E-state index is -0.679. The molecule has 0 bridgehead atoms. The van der Waals surface area contributed by atoms with Gasteiger partial charge < -0.3 is 19.9 Å². The van der Waals surface area contributed by atoms with Crippen molar-refractivity contribution >= 4 is 5.97 Å². The largest absolute Gasteiger partial charge is 0.497 e. The number of hydrogen-bond donors (Lipinski definition) is 1. The van der Waals surface area contributed by atoms with Crippen molar-refractivity contribution in [2.75, 3.05) is 20.8 Å². The van der Waals surface area contributed by atoms with Crippen molar-refractivity contribution in [1.29, 1.82) is 0 Å². The summed E-state index contributed by atoms with van der Waals surface area (Å²) in [5.74, 6) is 0.931. The third-order valence-electron chi connectivity index (χ3n) is 2.46. The fourth-order valence-electron chi connectivity index (χ4n) is 1.57. The Morgan fingerprint density at radius 2 is 1.78 bits per heavy atom. The third-order valence-corrected chi connectivity index (χ3v) is 2.46. The molecule has 1 atom stereocenters. The summed E-state index contributed by atoms with van der Waals surface area (Å²) in [7, 11) is 3.15. The Bertz CT molecular complexity index is 384. The van der Waals surface area contributed by atoms with Crippen LogP contribution in [0.4, 0.5) is 0 Å². The zero-order chi connectivity index (χ0) is 13.5. The molecular formula is C13H19NO4. The molecule has 0 amide bonds. The van der Waals surface area contributed by atoms with Crippen LogP contribution in [0.5, 0.6) is 11.5 Å². The number of rotatable bonds is 6. The van der Waals surface area contributed by atoms with E-state index >= 15 is 0 Å². The summed E-state index contributed by atoms with van der Waals surface area (Å²) >= 11 is 0. The Labute approximate surface area is 107 Å². The van der Waals surface area contributed by atoms with Crippen LogP contribution in [0.25, 0.3) is 0 Å². The normalized spacial score (nSPS) is 11.8. The van der Waals surface area contributed by atoms with Crippen molar-refractivity contribution in [2.45, 2.75) is 19.4 Å². The zero-order valence-electron chi connectivity index (χ0n) is 10.9. The minimum absolute atomic E-state index is 0.327. The van der Waals surface area contributed by atoms with Crippen LogP contribution in [0.3, 0.4) is 0 Å². The van der Waals surface area contributed by atoms with Gasteiger partial charge in [0.15, 0.2) is 0 Å². The predicted molar refractivity (Wildman–Crippen MR) is 67.9 cm³/mol. The monoisotopic (exact) mass is 253 g/mol. The predicted octanol–water partition coefficient (Wildman–Crippen LogP) is 1.14. The van der Waals surface area contributed by atoms with Crippen molar-refractivity contribution in [3.63, 3.8) is 0 Å². The number of nitrogens with two attached hydrogens (primary N) is 1. The van der Waals surface area contributed by atoms with Crippen LogP contribution in [0.2, 0.25) is 0 Å². The first-order valence-corrected chi connectivity index (χ1v) is 5.74. The quantitative estimate of drug-likeness (QED) is 0.770. The lowest BCUT2D eigenvalue weighted by Gasteiger charge is -2.12. The van der Waals surface area contributed by atoms with Gasteiger partial charge in [0.25, 0.3) is 0 Å². The van der Waals surface area contributed by atoms with E-state index in [1.54, 1.807) is 27.2 Å². The first kappa shape index (κ1) is 14.3. The van der Waals surface area contributed by atoms with Crippen LogP contribution in [-0.4, -0.2) is 32.8 Å². The van der Waals surface area contributed by atoms with Gasteiger partial charge in [-0.05, 0) is 31.0 Å². The van der Waals surface area contributed by atoms with Gasteiger partial charge in [-0.15, -0.1) is 0 Å². The number of carbonyl (C=O) groups is 1. The number of hydrogen-bond acceptors (Lipinski definition) is 5. The molecular weight excluding hydrogens is 234 g/mol. The molecule has 5 nitrogen and oxygen atoms in total. The number of ether oxygens (including phenoxy) is 3. The van der Waals surface area contributed by atoms with Gasteiger partial charge in [-0.2, -0.15) is 0 Å². The van der Waals surface area contributed by atoms with Gasteiger partial charge in [0.05, 0.1) is 20.8 Å². The molecule has 1 aromatic rings. The molecule has 1 unspecified atom stereocenters. The topological polar surface area (TPSA) is 70.8 Å². The second-order valence-corrected chi connectivity index (χ2v) is 3.78. The van der Waals surface area contributed by atoms with Crippen molar-refractivity contribution in [3.8, 4) is 11.5 Å². The lowest BCUT2D eigenvalue weighted by Crippen LogP contribution is -2.34. The molecule has 0 fully saturated rings. The van der Waals surface area contributed by atoms with Crippen molar-refractivity contribution in [3.05, 3.63) is 23.8 Å². The van der Waals surface area contributed by atoms with Crippen LogP contribution >= 0.6 is 0 Å². The fourth-order valence-corrected chi connectivity index (χ4v) is 1.57. The van der Waals surface area contributed by atoms with Crippen LogP contribution < -0.4 is 15.2 Å². The molecule has 100 valence electrons. The van der Waals surface area contributed by atoms with E-state index in [0.717, 1.165) is 5.56 Å². The fraction of sp³-hybridized carbons (Fsp3) is 0.462. The lowest BCUT2D eigenvalue weighted by atomic mass is 10.1. The molecule has 0 radical (unpaired) electrons. The summed E-state index contributed by atoms with van der Waals surface area (Å²) in [5.41, 5.74) is 6.63. The Hall–Kier alpha value is -1.75. The van der Waals surface area contributed by atoms with Gasteiger partial charge in [0.2, 0.25) is 0 Å². The summed E-state index contributed by atoms with van der Waals surface area (Å²) in [5, 5.41) is 0. The van der Waals surface area contributed by atoms with Crippen LogP contribution in [0.15, 0.2) is 18.2 Å².